The van der Waals surface area contributed by atoms with Gasteiger partial charge in [-0.25, -0.2) is 0 Å². The van der Waals surface area contributed by atoms with E-state index in [1.165, 1.54) is 33.4 Å². The lowest BCUT2D eigenvalue weighted by Crippen LogP contribution is -2.27. The monoisotopic (exact) mass is 571 g/mol. The van der Waals surface area contributed by atoms with E-state index in [1.54, 1.807) is 6.92 Å². The van der Waals surface area contributed by atoms with Gasteiger partial charge >= 0.3 is 0 Å². The molecule has 4 aliphatic rings. The second kappa shape index (κ2) is 12.8. The number of nitrogens with one attached hydrogen (secondary N) is 1. The third kappa shape index (κ3) is 5.62. The maximum absolute atomic E-state index is 12.2. The van der Waals surface area contributed by atoms with Crippen LogP contribution in [0.3, 0.4) is 0 Å². The number of fused-ring (bicyclic) bond motifs is 4. The molecule has 0 amide bonds. The number of hydrogen-bond donors (Lipinski definition) is 1. The molecule has 0 radical (unpaired) electrons. The molecule has 0 heterocycles. The fraction of sp³-hybridized carbons (Fsp3) is 0.333. The molecule has 4 aliphatic carbocycles. The molecule has 0 saturated heterocycles. The number of carbonyl (C=O) groups excluding carboxylic acids is 2. The smallest absolute Gasteiger partial charge is 0.165 e. The van der Waals surface area contributed by atoms with Gasteiger partial charge in [-0.3, -0.25) is 14.5 Å². The first-order chi connectivity index (χ1) is 21.5. The van der Waals surface area contributed by atoms with Crippen molar-refractivity contribution in [3.63, 3.8) is 0 Å². The number of aryl methyl sites for hydroxylation is 2. The molecule has 4 aromatic rings. The highest BCUT2D eigenvalue weighted by Gasteiger charge is 2.37. The van der Waals surface area contributed by atoms with Crippen molar-refractivity contribution in [2.45, 2.75) is 76.5 Å². The van der Waals surface area contributed by atoms with Gasteiger partial charge in [0.2, 0.25) is 0 Å². The minimum Gasteiger partial charge on any atom is -0.303 e. The number of rotatable bonds is 4. The van der Waals surface area contributed by atoms with Gasteiger partial charge in [0.05, 0.1) is 0 Å². The zero-order valence-corrected chi connectivity index (χ0v) is 25.3. The van der Waals surface area contributed by atoms with E-state index in [9.17, 15) is 9.59 Å². The van der Waals surface area contributed by atoms with Crippen molar-refractivity contribution in [2.75, 3.05) is 7.05 Å². The molecule has 4 heteroatoms. The maximum atomic E-state index is 12.2. The third-order valence-corrected chi connectivity index (χ3v) is 9.64. The lowest BCUT2D eigenvalue weighted by atomic mass is 10.0. The highest BCUT2D eigenvalue weighted by molar-refractivity contribution is 6.01. The van der Waals surface area contributed by atoms with E-state index < -0.39 is 0 Å². The summed E-state index contributed by atoms with van der Waals surface area (Å²) in [5.41, 5.74) is 9.95. The summed E-state index contributed by atoms with van der Waals surface area (Å²) in [5.74, 6) is 0.554. The molecule has 1 N–H and O–H groups in total. The van der Waals surface area contributed by atoms with Crippen molar-refractivity contribution < 1.29 is 11.0 Å². The van der Waals surface area contributed by atoms with Crippen molar-refractivity contribution >= 4 is 11.6 Å². The Bertz CT molecular complexity index is 1650. The van der Waals surface area contributed by atoms with Gasteiger partial charge in [-0.15, -0.1) is 0 Å². The average molecular weight is 572 g/mol. The molecule has 4 unspecified atom stereocenters. The van der Waals surface area contributed by atoms with Crippen LogP contribution >= 0.6 is 0 Å². The molecule has 0 bridgehead atoms. The van der Waals surface area contributed by atoms with Crippen LogP contribution in [0, 0.1) is 0 Å². The highest BCUT2D eigenvalue weighted by Crippen LogP contribution is 2.43. The Hall–Kier alpha value is -3.86. The number of benzene rings is 4. The van der Waals surface area contributed by atoms with Gasteiger partial charge in [-0.1, -0.05) is 111 Å². The van der Waals surface area contributed by atoms with Crippen LogP contribution in [0.25, 0.3) is 0 Å². The van der Waals surface area contributed by atoms with E-state index in [2.05, 4.69) is 77.9 Å². The summed E-state index contributed by atoms with van der Waals surface area (Å²) in [4.78, 5) is 26.7. The molecule has 4 nitrogen and oxygen atoms in total. The lowest BCUT2D eigenvalue weighted by Gasteiger charge is -2.31. The predicted molar refractivity (Wildman–Crippen MR) is 174 cm³/mol. The van der Waals surface area contributed by atoms with Crippen molar-refractivity contribution in [1.82, 2.24) is 10.2 Å². The zero-order chi connectivity index (χ0) is 30.6. The summed E-state index contributed by atoms with van der Waals surface area (Å²) in [6.45, 7) is 2.29. The molecular formula is C39H42N2O2. The van der Waals surface area contributed by atoms with E-state index in [1.807, 2.05) is 36.4 Å². The van der Waals surface area contributed by atoms with Crippen LogP contribution in [0.1, 0.15) is 119 Å². The summed E-state index contributed by atoms with van der Waals surface area (Å²) in [7, 11) is 2.17. The number of Topliss-reactive ketones (excluding diaryl/α,β-unsaturated/α-hetero) is 2. The normalized spacial score (nSPS) is 22.9. The molecule has 220 valence electrons. The second-order valence-corrected chi connectivity index (χ2v) is 11.9. The Morgan fingerprint density at radius 2 is 1.14 bits per heavy atom. The quantitative estimate of drug-likeness (QED) is 0.267. The molecule has 0 aliphatic heterocycles. The largest absolute Gasteiger partial charge is 0.303 e. The Labute approximate surface area is 257 Å². The first-order valence-electron chi connectivity index (χ1n) is 16.4. The van der Waals surface area contributed by atoms with Crippen LogP contribution in [0.2, 0.25) is 0 Å². The van der Waals surface area contributed by atoms with Gasteiger partial charge in [0, 0.05) is 49.5 Å². The van der Waals surface area contributed by atoms with Gasteiger partial charge in [0.1, 0.15) is 0 Å². The zero-order valence-electron chi connectivity index (χ0n) is 26.3. The lowest BCUT2D eigenvalue weighted by molar-refractivity contribution is 0.0940. The van der Waals surface area contributed by atoms with Crippen LogP contribution in [0.4, 0.5) is 0 Å². The topological polar surface area (TPSA) is 49.4 Å². The van der Waals surface area contributed by atoms with E-state index in [0.29, 0.717) is 31.8 Å². The van der Waals surface area contributed by atoms with Crippen molar-refractivity contribution in [3.05, 3.63) is 142 Å². The number of nitrogens with zero attached hydrogens (tertiary/aromatic N) is 1. The van der Waals surface area contributed by atoms with Gasteiger partial charge < -0.3 is 5.32 Å². The van der Waals surface area contributed by atoms with Crippen LogP contribution in [-0.4, -0.2) is 23.5 Å². The molecule has 0 fully saturated rings. The summed E-state index contributed by atoms with van der Waals surface area (Å²) < 4.78 is 6.21. The summed E-state index contributed by atoms with van der Waals surface area (Å²) in [6, 6.07) is 34.7. The molecule has 0 saturated carbocycles. The summed E-state index contributed by atoms with van der Waals surface area (Å²) >= 11 is 0. The van der Waals surface area contributed by atoms with E-state index in [0.717, 1.165) is 36.8 Å². The number of carbonyl (C=O) groups is 2. The Balaban J connectivity index is 0.000000144. The highest BCUT2D eigenvalue weighted by atomic mass is 16.1. The van der Waals surface area contributed by atoms with Crippen molar-refractivity contribution in [3.8, 4) is 0 Å². The predicted octanol–water partition coefficient (Wildman–Crippen LogP) is 8.55. The second-order valence-electron chi connectivity index (χ2n) is 11.9. The van der Waals surface area contributed by atoms with E-state index in [4.69, 9.17) is 1.37 Å². The van der Waals surface area contributed by atoms with Crippen LogP contribution in [0.5, 0.6) is 0 Å². The fourth-order valence-corrected chi connectivity index (χ4v) is 7.56. The molecule has 43 heavy (non-hydrogen) atoms. The van der Waals surface area contributed by atoms with E-state index >= 15 is 0 Å². The van der Waals surface area contributed by atoms with Gasteiger partial charge in [0.15, 0.2) is 11.6 Å². The molecule has 8 rings (SSSR count). The van der Waals surface area contributed by atoms with Gasteiger partial charge in [-0.2, -0.15) is 0 Å². The van der Waals surface area contributed by atoms with E-state index in [-0.39, 0.29) is 23.7 Å². The third-order valence-electron chi connectivity index (χ3n) is 9.64. The summed E-state index contributed by atoms with van der Waals surface area (Å²) in [6.07, 6.45) is 5.78. The first-order valence-corrected chi connectivity index (χ1v) is 15.7. The first kappa shape index (κ1) is 27.9. The number of hydrogen-bond acceptors (Lipinski definition) is 4. The average Bonchev–Trinajstić information content (AvgIpc) is 3.83. The molecule has 0 aromatic heterocycles. The fourth-order valence-electron chi connectivity index (χ4n) is 7.56. The molecular weight excluding hydrogens is 528 g/mol. The Kier molecular flexibility index (Phi) is 8.31. The molecule has 0 spiro atoms. The minimum absolute atomic E-state index is 0.176. The van der Waals surface area contributed by atoms with Crippen LogP contribution in [0.15, 0.2) is 97.1 Å². The minimum atomic E-state index is 0.176. The van der Waals surface area contributed by atoms with Crippen LogP contribution < -0.4 is 5.32 Å². The molecule has 4 aromatic carbocycles. The Morgan fingerprint density at radius 1 is 0.628 bits per heavy atom. The standard InChI is InChI=1S/C19H19NO.C18H17NO.C2H6/c1-20(17-11-10-13-6-2-3-7-14(13)17)18-12-19(21)16-9-5-4-8-15(16)18;20-18-11-17(14-7-3-4-8-15(14)18)19-16-10-9-12-5-1-2-6-13(12)16;1-2/h2-9,17-18H,10-12H2,1H3;1-8,16-17,19H,9-11H2;1-2H3/i;;1D. The van der Waals surface area contributed by atoms with Crippen molar-refractivity contribution in [1.29, 1.82) is 0 Å². The Morgan fingerprint density at radius 3 is 1.86 bits per heavy atom. The summed E-state index contributed by atoms with van der Waals surface area (Å²) in [5, 5.41) is 3.70. The SMILES string of the molecule is CN(C1CCc2ccccc21)C1CC(=O)c2ccccc21.O=C1CC(NC2CCc3ccccc32)c2ccccc21.[2H]CC. The van der Waals surface area contributed by atoms with Gasteiger partial charge in [0.25, 0.3) is 0 Å². The van der Waals surface area contributed by atoms with Gasteiger partial charge in [-0.05, 0) is 66.1 Å². The van der Waals surface area contributed by atoms with Crippen molar-refractivity contribution in [2.24, 2.45) is 0 Å². The number of ketones is 2. The maximum Gasteiger partial charge on any atom is 0.165 e. The molecule has 4 atom stereocenters. The van der Waals surface area contributed by atoms with Crippen LogP contribution in [-0.2, 0) is 12.8 Å².